The second-order valence-electron chi connectivity index (χ2n) is 5.68. The van der Waals surface area contributed by atoms with Gasteiger partial charge in [0.1, 0.15) is 0 Å². The van der Waals surface area contributed by atoms with Crippen LogP contribution in [0.15, 0.2) is 17.9 Å². The monoisotopic (exact) mass is 275 g/mol. The molecular formula is C15H21N3O2. The number of likely N-dealkylation sites (tertiary alicyclic amines) is 1. The summed E-state index contributed by atoms with van der Waals surface area (Å²) in [6.45, 7) is 4.34. The van der Waals surface area contributed by atoms with Crippen LogP contribution in [0.5, 0.6) is 0 Å². The Hall–Kier alpha value is -1.78. The van der Waals surface area contributed by atoms with E-state index in [2.05, 4.69) is 16.3 Å². The summed E-state index contributed by atoms with van der Waals surface area (Å²) < 4.78 is 5.28. The fourth-order valence-corrected chi connectivity index (χ4v) is 2.98. The van der Waals surface area contributed by atoms with Crippen LogP contribution in [-0.4, -0.2) is 40.7 Å². The molecule has 0 aliphatic carbocycles. The van der Waals surface area contributed by atoms with Gasteiger partial charge in [0.2, 0.25) is 0 Å². The molecule has 1 amide bonds. The number of aromatic amines is 1. The van der Waals surface area contributed by atoms with Crippen LogP contribution in [0.4, 0.5) is 0 Å². The summed E-state index contributed by atoms with van der Waals surface area (Å²) >= 11 is 0. The van der Waals surface area contributed by atoms with Gasteiger partial charge in [-0.15, -0.1) is 0 Å². The number of amides is 1. The highest BCUT2D eigenvalue weighted by atomic mass is 16.5. The van der Waals surface area contributed by atoms with Gasteiger partial charge in [-0.3, -0.25) is 9.89 Å². The van der Waals surface area contributed by atoms with Crippen molar-refractivity contribution < 1.29 is 9.53 Å². The average Bonchev–Trinajstić information content (AvgIpc) is 2.94. The van der Waals surface area contributed by atoms with E-state index >= 15 is 0 Å². The molecule has 5 nitrogen and oxygen atoms in total. The molecule has 1 N–H and O–H groups in total. The van der Waals surface area contributed by atoms with E-state index in [0.29, 0.717) is 5.92 Å². The predicted molar refractivity (Wildman–Crippen MR) is 75.1 cm³/mol. The van der Waals surface area contributed by atoms with Crippen LogP contribution in [-0.2, 0) is 9.53 Å². The van der Waals surface area contributed by atoms with E-state index in [1.807, 2.05) is 11.8 Å². The highest BCUT2D eigenvalue weighted by molar-refractivity contribution is 5.93. The number of rotatable bonds is 2. The maximum absolute atomic E-state index is 12.5. The number of aryl methyl sites for hydroxylation is 1. The molecule has 2 aliphatic rings. The first kappa shape index (κ1) is 13.2. The Kier molecular flexibility index (Phi) is 3.76. The van der Waals surface area contributed by atoms with Gasteiger partial charge < -0.3 is 9.64 Å². The Morgan fingerprint density at radius 1 is 1.50 bits per heavy atom. The number of ether oxygens (including phenoxy) is 1. The number of carbonyl (C=O) groups excluding carboxylic acids is 1. The van der Waals surface area contributed by atoms with Crippen LogP contribution >= 0.6 is 0 Å². The Bertz CT molecular complexity index is 521. The SMILES string of the molecule is Cc1cc(C2CCCN(C(=O)C3=COCCC3)C2)n[nH]1. The van der Waals surface area contributed by atoms with E-state index in [9.17, 15) is 4.79 Å². The number of hydrogen-bond donors (Lipinski definition) is 1. The van der Waals surface area contributed by atoms with Gasteiger partial charge in [-0.1, -0.05) is 0 Å². The summed E-state index contributed by atoms with van der Waals surface area (Å²) in [7, 11) is 0. The smallest absolute Gasteiger partial charge is 0.252 e. The lowest BCUT2D eigenvalue weighted by atomic mass is 9.94. The molecule has 20 heavy (non-hydrogen) atoms. The van der Waals surface area contributed by atoms with Crippen LogP contribution in [0, 0.1) is 6.92 Å². The molecule has 1 fully saturated rings. The standard InChI is InChI=1S/C15H21N3O2/c1-11-8-14(17-16-11)12-4-2-6-18(9-12)15(19)13-5-3-7-20-10-13/h8,10,12H,2-7,9H2,1H3,(H,16,17). The lowest BCUT2D eigenvalue weighted by Crippen LogP contribution is -2.40. The number of carbonyl (C=O) groups is 1. The maximum Gasteiger partial charge on any atom is 0.252 e. The zero-order valence-electron chi connectivity index (χ0n) is 11.9. The van der Waals surface area contributed by atoms with Crippen molar-refractivity contribution in [3.05, 3.63) is 29.3 Å². The normalized spacial score (nSPS) is 23.1. The van der Waals surface area contributed by atoms with Crippen molar-refractivity contribution in [3.8, 4) is 0 Å². The Labute approximate surface area is 119 Å². The maximum atomic E-state index is 12.5. The first-order valence-corrected chi connectivity index (χ1v) is 7.36. The number of nitrogens with one attached hydrogen (secondary N) is 1. The molecular weight excluding hydrogens is 254 g/mol. The second kappa shape index (κ2) is 5.69. The second-order valence-corrected chi connectivity index (χ2v) is 5.68. The van der Waals surface area contributed by atoms with Crippen LogP contribution in [0.3, 0.4) is 0 Å². The highest BCUT2D eigenvalue weighted by Crippen LogP contribution is 2.27. The zero-order chi connectivity index (χ0) is 13.9. The van der Waals surface area contributed by atoms with E-state index in [0.717, 1.165) is 62.3 Å². The molecule has 0 radical (unpaired) electrons. The number of H-pyrrole nitrogens is 1. The number of hydrogen-bond acceptors (Lipinski definition) is 3. The van der Waals surface area contributed by atoms with Crippen molar-refractivity contribution in [3.63, 3.8) is 0 Å². The number of piperidine rings is 1. The summed E-state index contributed by atoms with van der Waals surface area (Å²) in [5, 5.41) is 7.33. The summed E-state index contributed by atoms with van der Waals surface area (Å²) in [4.78, 5) is 14.4. The largest absolute Gasteiger partial charge is 0.501 e. The molecule has 1 atom stereocenters. The summed E-state index contributed by atoms with van der Waals surface area (Å²) in [5.41, 5.74) is 2.97. The number of aromatic nitrogens is 2. The highest BCUT2D eigenvalue weighted by Gasteiger charge is 2.28. The van der Waals surface area contributed by atoms with Crippen molar-refractivity contribution in [2.24, 2.45) is 0 Å². The van der Waals surface area contributed by atoms with Crippen molar-refractivity contribution in [2.75, 3.05) is 19.7 Å². The van der Waals surface area contributed by atoms with Crippen molar-refractivity contribution >= 4 is 5.91 Å². The van der Waals surface area contributed by atoms with Crippen molar-refractivity contribution in [1.82, 2.24) is 15.1 Å². The number of nitrogens with zero attached hydrogens (tertiary/aromatic N) is 2. The molecule has 1 aromatic rings. The molecule has 0 saturated carbocycles. The van der Waals surface area contributed by atoms with Crippen LogP contribution in [0.2, 0.25) is 0 Å². The molecule has 108 valence electrons. The molecule has 1 saturated heterocycles. The van der Waals surface area contributed by atoms with Crippen LogP contribution in [0.25, 0.3) is 0 Å². The van der Waals surface area contributed by atoms with Gasteiger partial charge in [0.15, 0.2) is 0 Å². The quantitative estimate of drug-likeness (QED) is 0.899. The van der Waals surface area contributed by atoms with E-state index in [-0.39, 0.29) is 5.91 Å². The minimum atomic E-state index is 0.140. The Morgan fingerprint density at radius 2 is 2.40 bits per heavy atom. The van der Waals surface area contributed by atoms with Crippen molar-refractivity contribution in [2.45, 2.75) is 38.5 Å². The molecule has 3 rings (SSSR count). The summed E-state index contributed by atoms with van der Waals surface area (Å²) in [6, 6.07) is 2.08. The third-order valence-corrected chi connectivity index (χ3v) is 4.06. The van der Waals surface area contributed by atoms with Gasteiger partial charge in [-0.25, -0.2) is 0 Å². The molecule has 5 heteroatoms. The minimum Gasteiger partial charge on any atom is -0.501 e. The predicted octanol–water partition coefficient (Wildman–Crippen LogP) is 2.12. The van der Waals surface area contributed by atoms with Gasteiger partial charge in [-0.05, 0) is 38.7 Å². The summed E-state index contributed by atoms with van der Waals surface area (Å²) in [6.07, 6.45) is 5.56. The average molecular weight is 275 g/mol. The van der Waals surface area contributed by atoms with Gasteiger partial charge in [0.25, 0.3) is 5.91 Å². The third-order valence-electron chi connectivity index (χ3n) is 4.06. The Balaban J connectivity index is 1.68. The lowest BCUT2D eigenvalue weighted by Gasteiger charge is -2.33. The topological polar surface area (TPSA) is 58.2 Å². The molecule has 0 bridgehead atoms. The van der Waals surface area contributed by atoms with E-state index in [4.69, 9.17) is 4.74 Å². The fourth-order valence-electron chi connectivity index (χ4n) is 2.98. The molecule has 3 heterocycles. The van der Waals surface area contributed by atoms with Gasteiger partial charge in [0, 0.05) is 24.7 Å². The van der Waals surface area contributed by atoms with E-state index < -0.39 is 0 Å². The fraction of sp³-hybridized carbons (Fsp3) is 0.600. The van der Waals surface area contributed by atoms with Gasteiger partial charge in [0.05, 0.1) is 24.1 Å². The Morgan fingerprint density at radius 3 is 3.10 bits per heavy atom. The van der Waals surface area contributed by atoms with Gasteiger partial charge in [-0.2, -0.15) is 5.10 Å². The lowest BCUT2D eigenvalue weighted by molar-refractivity contribution is -0.128. The molecule has 1 unspecified atom stereocenters. The minimum absolute atomic E-state index is 0.140. The molecule has 0 aromatic carbocycles. The van der Waals surface area contributed by atoms with Crippen molar-refractivity contribution in [1.29, 1.82) is 0 Å². The first-order valence-electron chi connectivity index (χ1n) is 7.36. The molecule has 1 aromatic heterocycles. The van der Waals surface area contributed by atoms with Crippen LogP contribution < -0.4 is 0 Å². The van der Waals surface area contributed by atoms with Crippen LogP contribution in [0.1, 0.15) is 43.0 Å². The first-order chi connectivity index (χ1) is 9.74. The van der Waals surface area contributed by atoms with Gasteiger partial charge >= 0.3 is 0 Å². The third kappa shape index (κ3) is 2.71. The van der Waals surface area contributed by atoms with E-state index in [1.54, 1.807) is 6.26 Å². The molecule has 2 aliphatic heterocycles. The molecule has 0 spiro atoms. The summed E-state index contributed by atoms with van der Waals surface area (Å²) in [5.74, 6) is 0.490. The zero-order valence-corrected chi connectivity index (χ0v) is 11.9. The van der Waals surface area contributed by atoms with E-state index in [1.165, 1.54) is 0 Å².